The van der Waals surface area contributed by atoms with Gasteiger partial charge in [0.25, 0.3) is 0 Å². The van der Waals surface area contributed by atoms with E-state index < -0.39 is 5.97 Å². The number of hydrogen-bond donors (Lipinski definition) is 1. The molecule has 0 spiro atoms. The minimum Gasteiger partial charge on any atom is -0.497 e. The van der Waals surface area contributed by atoms with Crippen molar-refractivity contribution in [3.63, 3.8) is 0 Å². The molecule has 144 valence electrons. The molecule has 0 amide bonds. The Morgan fingerprint density at radius 2 is 1.50 bits per heavy atom. The molecule has 1 N–H and O–H groups in total. The fourth-order valence-corrected chi connectivity index (χ4v) is 3.05. The van der Waals surface area contributed by atoms with E-state index in [-0.39, 0.29) is 5.56 Å². The second kappa shape index (κ2) is 8.95. The van der Waals surface area contributed by atoms with Crippen LogP contribution in [0.3, 0.4) is 0 Å². The van der Waals surface area contributed by atoms with Crippen LogP contribution in [0.5, 0.6) is 11.5 Å². The van der Waals surface area contributed by atoms with Crippen molar-refractivity contribution in [2.45, 2.75) is 13.1 Å². The molecule has 0 unspecified atom stereocenters. The fourth-order valence-electron chi connectivity index (χ4n) is 3.05. The van der Waals surface area contributed by atoms with E-state index >= 15 is 0 Å². The van der Waals surface area contributed by atoms with Crippen LogP contribution >= 0.6 is 0 Å². The molecule has 5 nitrogen and oxygen atoms in total. The smallest absolute Gasteiger partial charge is 0.339 e. The fraction of sp³-hybridized carbons (Fsp3) is 0.174. The van der Waals surface area contributed by atoms with Crippen molar-refractivity contribution in [1.29, 1.82) is 0 Å². The van der Waals surface area contributed by atoms with E-state index in [0.29, 0.717) is 18.8 Å². The summed E-state index contributed by atoms with van der Waals surface area (Å²) in [6.07, 6.45) is 0. The van der Waals surface area contributed by atoms with E-state index in [2.05, 4.69) is 17.0 Å². The van der Waals surface area contributed by atoms with Crippen LogP contribution in [0.4, 0.5) is 5.69 Å². The van der Waals surface area contributed by atoms with Crippen LogP contribution in [0, 0.1) is 0 Å². The number of carbonyl (C=O) groups is 1. The lowest BCUT2D eigenvalue weighted by Crippen LogP contribution is -2.22. The van der Waals surface area contributed by atoms with E-state index in [4.69, 9.17) is 9.47 Å². The van der Waals surface area contributed by atoms with Gasteiger partial charge in [-0.25, -0.2) is 4.79 Å². The highest BCUT2D eigenvalue weighted by Gasteiger charge is 2.16. The normalized spacial score (nSPS) is 10.4. The van der Waals surface area contributed by atoms with Gasteiger partial charge in [0.15, 0.2) is 0 Å². The second-order valence-electron chi connectivity index (χ2n) is 6.38. The quantitative estimate of drug-likeness (QED) is 0.621. The highest BCUT2D eigenvalue weighted by molar-refractivity contribution is 5.92. The predicted molar refractivity (Wildman–Crippen MR) is 109 cm³/mol. The lowest BCUT2D eigenvalue weighted by atomic mass is 10.1. The van der Waals surface area contributed by atoms with Gasteiger partial charge in [-0.3, -0.25) is 0 Å². The van der Waals surface area contributed by atoms with Crippen molar-refractivity contribution in [3.05, 3.63) is 89.5 Å². The first-order chi connectivity index (χ1) is 13.6. The van der Waals surface area contributed by atoms with Crippen LogP contribution in [0.25, 0.3) is 0 Å². The number of methoxy groups -OCH3 is 2. The number of hydrogen-bond acceptors (Lipinski definition) is 4. The largest absolute Gasteiger partial charge is 0.497 e. The number of aromatic carboxylic acids is 1. The topological polar surface area (TPSA) is 59.0 Å². The zero-order valence-electron chi connectivity index (χ0n) is 16.0. The third kappa shape index (κ3) is 4.62. The molecule has 3 aromatic rings. The number of anilines is 1. The molecule has 3 aromatic carbocycles. The zero-order valence-corrected chi connectivity index (χ0v) is 16.0. The van der Waals surface area contributed by atoms with Gasteiger partial charge in [0, 0.05) is 18.8 Å². The van der Waals surface area contributed by atoms with Crippen LogP contribution in [0.15, 0.2) is 72.8 Å². The van der Waals surface area contributed by atoms with E-state index in [9.17, 15) is 9.90 Å². The molecule has 3 rings (SSSR count). The van der Waals surface area contributed by atoms with Gasteiger partial charge in [0.05, 0.1) is 14.2 Å². The Hall–Kier alpha value is -3.47. The maximum absolute atomic E-state index is 11.6. The van der Waals surface area contributed by atoms with Crippen molar-refractivity contribution in [3.8, 4) is 11.5 Å². The maximum atomic E-state index is 11.6. The third-order valence-electron chi connectivity index (χ3n) is 4.53. The van der Waals surface area contributed by atoms with Gasteiger partial charge >= 0.3 is 5.97 Å². The van der Waals surface area contributed by atoms with E-state index in [1.807, 2.05) is 48.5 Å². The molecular formula is C23H23NO4. The van der Waals surface area contributed by atoms with E-state index in [0.717, 1.165) is 22.6 Å². The van der Waals surface area contributed by atoms with Crippen LogP contribution in [-0.4, -0.2) is 25.3 Å². The van der Waals surface area contributed by atoms with Gasteiger partial charge in [-0.1, -0.05) is 42.5 Å². The highest BCUT2D eigenvalue weighted by atomic mass is 16.5. The molecule has 0 aliphatic carbocycles. The molecule has 0 aromatic heterocycles. The highest BCUT2D eigenvalue weighted by Crippen LogP contribution is 2.28. The average molecular weight is 377 g/mol. The Bertz CT molecular complexity index is 923. The first kappa shape index (κ1) is 19.3. The summed E-state index contributed by atoms with van der Waals surface area (Å²) >= 11 is 0. The van der Waals surface area contributed by atoms with Crippen LogP contribution in [0.2, 0.25) is 0 Å². The monoisotopic (exact) mass is 377 g/mol. The summed E-state index contributed by atoms with van der Waals surface area (Å²) < 4.78 is 10.4. The van der Waals surface area contributed by atoms with Crippen molar-refractivity contribution < 1.29 is 19.4 Å². The van der Waals surface area contributed by atoms with E-state index in [1.165, 1.54) is 7.11 Å². The van der Waals surface area contributed by atoms with Gasteiger partial charge in [-0.15, -0.1) is 0 Å². The van der Waals surface area contributed by atoms with Crippen molar-refractivity contribution in [2.75, 3.05) is 19.1 Å². The first-order valence-corrected chi connectivity index (χ1v) is 8.94. The average Bonchev–Trinajstić information content (AvgIpc) is 2.74. The number of rotatable bonds is 8. The second-order valence-corrected chi connectivity index (χ2v) is 6.38. The SMILES string of the molecule is COc1ccc(CN(Cc2ccccc2)c2ccc(OC)c(C(=O)O)c2)cc1. The zero-order chi connectivity index (χ0) is 19.9. The standard InChI is InChI=1S/C23H23NO4/c1-27-20-11-8-18(9-12-20)16-24(15-17-6-4-3-5-7-17)19-10-13-22(28-2)21(14-19)23(25)26/h3-14H,15-16H2,1-2H3,(H,25,26). The molecule has 0 aliphatic heterocycles. The lowest BCUT2D eigenvalue weighted by molar-refractivity contribution is 0.0693. The number of carboxylic acids is 1. The van der Waals surface area contributed by atoms with E-state index in [1.54, 1.807) is 19.2 Å². The molecular weight excluding hydrogens is 354 g/mol. The summed E-state index contributed by atoms with van der Waals surface area (Å²) in [5.41, 5.74) is 3.21. The summed E-state index contributed by atoms with van der Waals surface area (Å²) in [6.45, 7) is 1.28. The molecule has 0 aliphatic rings. The predicted octanol–water partition coefficient (Wildman–Crippen LogP) is 4.61. The van der Waals surface area contributed by atoms with Gasteiger partial charge < -0.3 is 19.5 Å². The Balaban J connectivity index is 1.95. The van der Waals surface area contributed by atoms with Crippen molar-refractivity contribution in [2.24, 2.45) is 0 Å². The van der Waals surface area contributed by atoms with Gasteiger partial charge in [0.1, 0.15) is 17.1 Å². The summed E-state index contributed by atoms with van der Waals surface area (Å²) in [5, 5.41) is 9.53. The number of nitrogens with zero attached hydrogens (tertiary/aromatic N) is 1. The Morgan fingerprint density at radius 1 is 0.857 bits per heavy atom. The van der Waals surface area contributed by atoms with Crippen molar-refractivity contribution >= 4 is 11.7 Å². The molecule has 0 atom stereocenters. The minimum absolute atomic E-state index is 0.146. The molecule has 0 heterocycles. The number of ether oxygens (including phenoxy) is 2. The number of carboxylic acid groups (broad SMARTS) is 1. The molecule has 5 heteroatoms. The minimum atomic E-state index is -1.01. The van der Waals surface area contributed by atoms with Crippen LogP contribution in [-0.2, 0) is 13.1 Å². The lowest BCUT2D eigenvalue weighted by Gasteiger charge is -2.26. The van der Waals surface area contributed by atoms with Gasteiger partial charge in [0.2, 0.25) is 0 Å². The van der Waals surface area contributed by atoms with Crippen LogP contribution in [0.1, 0.15) is 21.5 Å². The summed E-state index contributed by atoms with van der Waals surface area (Å²) in [4.78, 5) is 13.8. The molecule has 28 heavy (non-hydrogen) atoms. The molecule has 0 bridgehead atoms. The maximum Gasteiger partial charge on any atom is 0.339 e. The molecule has 0 saturated heterocycles. The molecule has 0 radical (unpaired) electrons. The number of benzene rings is 3. The molecule has 0 fully saturated rings. The van der Waals surface area contributed by atoms with Gasteiger partial charge in [-0.05, 0) is 41.5 Å². The van der Waals surface area contributed by atoms with Gasteiger partial charge in [-0.2, -0.15) is 0 Å². The van der Waals surface area contributed by atoms with Crippen LogP contribution < -0.4 is 14.4 Å². The summed E-state index contributed by atoms with van der Waals surface area (Å²) in [6, 6.07) is 23.2. The first-order valence-electron chi connectivity index (χ1n) is 8.94. The Kier molecular flexibility index (Phi) is 6.17. The molecule has 0 saturated carbocycles. The summed E-state index contributed by atoms with van der Waals surface area (Å²) in [7, 11) is 3.11. The third-order valence-corrected chi connectivity index (χ3v) is 4.53. The van der Waals surface area contributed by atoms with Crippen molar-refractivity contribution in [1.82, 2.24) is 0 Å². The Morgan fingerprint density at radius 3 is 2.07 bits per heavy atom. The Labute approximate surface area is 164 Å². The summed E-state index contributed by atoms with van der Waals surface area (Å²) in [5.74, 6) is 0.138.